The summed E-state index contributed by atoms with van der Waals surface area (Å²) >= 11 is 0. The van der Waals surface area contributed by atoms with Crippen molar-refractivity contribution >= 4 is 14.0 Å². The minimum Gasteiger partial charge on any atom is -0.469 e. The first-order valence-corrected chi connectivity index (χ1v) is 9.00. The van der Waals surface area contributed by atoms with Crippen LogP contribution in [0.4, 0.5) is 0 Å². The van der Waals surface area contributed by atoms with Gasteiger partial charge in [-0.2, -0.15) is 0 Å². The predicted molar refractivity (Wildman–Crippen MR) is 69.9 cm³/mol. The Balaban J connectivity index is 4.29. The quantitative estimate of drug-likeness (QED) is 0.189. The number of rotatable bonds is 5. The summed E-state index contributed by atoms with van der Waals surface area (Å²) in [6.45, 7) is 6.45. The maximum absolute atomic E-state index is 11.0. The van der Waals surface area contributed by atoms with Crippen LogP contribution in [-0.4, -0.2) is 27.2 Å². The molecule has 0 aliphatic carbocycles. The number of esters is 1. The van der Waals surface area contributed by atoms with Gasteiger partial charge in [0.05, 0.1) is 7.11 Å². The van der Waals surface area contributed by atoms with E-state index in [1.165, 1.54) is 7.11 Å². The van der Waals surface area contributed by atoms with E-state index in [4.69, 9.17) is 5.53 Å². The first-order valence-electron chi connectivity index (χ1n) is 5.50. The first-order chi connectivity index (χ1) is 7.89. The summed E-state index contributed by atoms with van der Waals surface area (Å²) in [4.78, 5) is 13.7. The van der Waals surface area contributed by atoms with Crippen molar-refractivity contribution in [2.45, 2.75) is 44.9 Å². The van der Waals surface area contributed by atoms with Crippen LogP contribution >= 0.6 is 0 Å². The summed E-state index contributed by atoms with van der Waals surface area (Å²) < 4.78 is 4.53. The van der Waals surface area contributed by atoms with Gasteiger partial charge in [0.2, 0.25) is 0 Å². The van der Waals surface area contributed by atoms with Crippen molar-refractivity contribution in [3.8, 4) is 11.5 Å². The fourth-order valence-corrected chi connectivity index (χ4v) is 1.73. The highest BCUT2D eigenvalue weighted by Crippen LogP contribution is 2.08. The largest absolute Gasteiger partial charge is 0.469 e. The highest BCUT2D eigenvalue weighted by Gasteiger charge is 2.10. The molecule has 0 heterocycles. The normalized spacial score (nSPS) is 11.8. The Bertz CT molecular complexity index is 359. The van der Waals surface area contributed by atoms with Crippen LogP contribution in [-0.2, 0) is 9.53 Å². The lowest BCUT2D eigenvalue weighted by molar-refractivity contribution is -0.140. The van der Waals surface area contributed by atoms with Gasteiger partial charge in [0.15, 0.2) is 0 Å². The molecule has 0 aliphatic rings. The number of hydrogen-bond acceptors (Lipinski definition) is 3. The Morgan fingerprint density at radius 3 is 2.65 bits per heavy atom. The van der Waals surface area contributed by atoms with E-state index in [1.807, 2.05) is 0 Å². The van der Waals surface area contributed by atoms with E-state index < -0.39 is 8.07 Å². The standard InChI is InChI=1S/C11H19N3O2Si/c1-16-11(15)8-7-10(13-14-12)6-5-9-17(2,3)4/h10H,6-8H2,1-4H3/t10-/m0/s1. The van der Waals surface area contributed by atoms with Crippen LogP contribution in [0, 0.1) is 11.5 Å². The highest BCUT2D eigenvalue weighted by atomic mass is 28.3. The second-order valence-electron chi connectivity index (χ2n) is 4.73. The third kappa shape index (κ3) is 9.48. The molecule has 0 rings (SSSR count). The minimum absolute atomic E-state index is 0.247. The van der Waals surface area contributed by atoms with Crippen molar-refractivity contribution in [3.05, 3.63) is 10.4 Å². The van der Waals surface area contributed by atoms with Crippen molar-refractivity contribution in [3.63, 3.8) is 0 Å². The second kappa shape index (κ2) is 7.77. The molecule has 0 aromatic carbocycles. The van der Waals surface area contributed by atoms with E-state index >= 15 is 0 Å². The molecule has 17 heavy (non-hydrogen) atoms. The molecule has 1 atom stereocenters. The molecule has 0 aromatic rings. The Morgan fingerprint density at radius 1 is 1.53 bits per heavy atom. The Morgan fingerprint density at radius 2 is 2.18 bits per heavy atom. The Labute approximate surface area is 103 Å². The van der Waals surface area contributed by atoms with Crippen molar-refractivity contribution in [2.24, 2.45) is 5.11 Å². The van der Waals surface area contributed by atoms with E-state index in [-0.39, 0.29) is 18.4 Å². The maximum Gasteiger partial charge on any atom is 0.305 e. The lowest BCUT2D eigenvalue weighted by atomic mass is 10.1. The highest BCUT2D eigenvalue weighted by molar-refractivity contribution is 6.83. The molecule has 0 radical (unpaired) electrons. The van der Waals surface area contributed by atoms with Crippen LogP contribution in [0.2, 0.25) is 19.6 Å². The van der Waals surface area contributed by atoms with Gasteiger partial charge in [-0.3, -0.25) is 4.79 Å². The average molecular weight is 253 g/mol. The van der Waals surface area contributed by atoms with Crippen molar-refractivity contribution in [2.75, 3.05) is 7.11 Å². The van der Waals surface area contributed by atoms with Crippen molar-refractivity contribution in [1.29, 1.82) is 0 Å². The molecule has 0 saturated carbocycles. The van der Waals surface area contributed by atoms with Gasteiger partial charge in [0.1, 0.15) is 8.07 Å². The van der Waals surface area contributed by atoms with Gasteiger partial charge in [0.25, 0.3) is 0 Å². The Hall–Kier alpha value is -1.44. The van der Waals surface area contributed by atoms with Crippen LogP contribution in [0.15, 0.2) is 5.11 Å². The van der Waals surface area contributed by atoms with Gasteiger partial charge in [-0.05, 0) is 12.0 Å². The van der Waals surface area contributed by atoms with E-state index in [2.05, 4.69) is 45.9 Å². The number of hydrogen-bond donors (Lipinski definition) is 0. The summed E-state index contributed by atoms with van der Waals surface area (Å²) in [6.07, 6.45) is 1.25. The summed E-state index contributed by atoms with van der Waals surface area (Å²) in [5, 5.41) is 3.64. The molecule has 0 amide bonds. The number of azide groups is 1. The second-order valence-corrected chi connectivity index (χ2v) is 9.48. The molecule has 0 aromatic heterocycles. The molecule has 0 fully saturated rings. The summed E-state index contributed by atoms with van der Waals surface area (Å²) in [5.41, 5.74) is 11.6. The lowest BCUT2D eigenvalue weighted by Gasteiger charge is -2.07. The SMILES string of the molecule is COC(=O)CC[C@H](CC#C[Si](C)(C)C)N=[N+]=[N-]. The fourth-order valence-electron chi connectivity index (χ4n) is 1.09. The molecule has 94 valence electrons. The van der Waals surface area contributed by atoms with Crippen LogP contribution in [0.3, 0.4) is 0 Å². The van der Waals surface area contributed by atoms with E-state index in [1.54, 1.807) is 0 Å². The third-order valence-electron chi connectivity index (χ3n) is 1.93. The molecule has 5 nitrogen and oxygen atoms in total. The zero-order chi connectivity index (χ0) is 13.3. The Kier molecular flexibility index (Phi) is 7.11. The first kappa shape index (κ1) is 15.6. The van der Waals surface area contributed by atoms with Crippen molar-refractivity contribution in [1.82, 2.24) is 0 Å². The number of carbonyl (C=O) groups excluding carboxylic acids is 1. The number of ether oxygens (including phenoxy) is 1. The summed E-state index contributed by atoms with van der Waals surface area (Å²) in [7, 11) is -0.0430. The molecule has 0 saturated heterocycles. The van der Waals surface area contributed by atoms with Gasteiger partial charge in [0, 0.05) is 23.8 Å². The molecular formula is C11H19N3O2Si. The van der Waals surface area contributed by atoms with E-state index in [0.717, 1.165) is 0 Å². The van der Waals surface area contributed by atoms with Gasteiger partial charge >= 0.3 is 5.97 Å². The van der Waals surface area contributed by atoms with Gasteiger partial charge < -0.3 is 4.74 Å². The average Bonchev–Trinajstić information content (AvgIpc) is 2.23. The van der Waals surface area contributed by atoms with E-state index in [0.29, 0.717) is 12.8 Å². The monoisotopic (exact) mass is 253 g/mol. The van der Waals surface area contributed by atoms with Gasteiger partial charge in [-0.15, -0.1) is 11.5 Å². The number of carbonyl (C=O) groups is 1. The zero-order valence-corrected chi connectivity index (χ0v) is 11.9. The molecule has 6 heteroatoms. The molecule has 0 spiro atoms. The van der Waals surface area contributed by atoms with Crippen LogP contribution in [0.25, 0.3) is 10.4 Å². The predicted octanol–water partition coefficient (Wildman–Crippen LogP) is 2.89. The lowest BCUT2D eigenvalue weighted by Crippen LogP contribution is -2.16. The van der Waals surface area contributed by atoms with Crippen molar-refractivity contribution < 1.29 is 9.53 Å². The zero-order valence-electron chi connectivity index (χ0n) is 10.9. The van der Waals surface area contributed by atoms with Gasteiger partial charge in [-0.1, -0.05) is 24.8 Å². The number of nitrogens with zero attached hydrogens (tertiary/aromatic N) is 3. The summed E-state index contributed by atoms with van der Waals surface area (Å²) in [5.74, 6) is 2.76. The molecule has 0 N–H and O–H groups in total. The molecule has 0 aliphatic heterocycles. The molecule has 0 unspecified atom stereocenters. The fraction of sp³-hybridized carbons (Fsp3) is 0.727. The minimum atomic E-state index is -1.39. The number of methoxy groups -OCH3 is 1. The maximum atomic E-state index is 11.0. The van der Waals surface area contributed by atoms with E-state index in [9.17, 15) is 4.79 Å². The smallest absolute Gasteiger partial charge is 0.305 e. The molecular weight excluding hydrogens is 234 g/mol. The van der Waals surface area contributed by atoms with Crippen LogP contribution in [0.1, 0.15) is 19.3 Å². The van der Waals surface area contributed by atoms with Gasteiger partial charge in [-0.25, -0.2) is 0 Å². The molecule has 0 bridgehead atoms. The van der Waals surface area contributed by atoms with Crippen LogP contribution < -0.4 is 0 Å². The summed E-state index contributed by atoms with van der Waals surface area (Å²) in [6, 6.07) is -0.247. The van der Waals surface area contributed by atoms with Crippen LogP contribution in [0.5, 0.6) is 0 Å². The third-order valence-corrected chi connectivity index (χ3v) is 2.85. The topological polar surface area (TPSA) is 75.1 Å².